The van der Waals surface area contributed by atoms with Crippen LogP contribution in [0.4, 0.5) is 5.82 Å². The summed E-state index contributed by atoms with van der Waals surface area (Å²) in [6, 6.07) is 10.5. The molecule has 164 valence electrons. The summed E-state index contributed by atoms with van der Waals surface area (Å²) in [7, 11) is 0. The van der Waals surface area contributed by atoms with Gasteiger partial charge in [0.1, 0.15) is 5.82 Å². The van der Waals surface area contributed by atoms with Crippen molar-refractivity contribution in [3.05, 3.63) is 41.6 Å². The Balaban J connectivity index is 1.61. The largest absolute Gasteiger partial charge is 0.466 e. The quantitative estimate of drug-likeness (QED) is 0.589. The zero-order valence-corrected chi connectivity index (χ0v) is 19.1. The molecule has 0 aliphatic carbocycles. The van der Waals surface area contributed by atoms with Gasteiger partial charge in [0.25, 0.3) is 5.78 Å². The van der Waals surface area contributed by atoms with Crippen LogP contribution in [0.3, 0.4) is 0 Å². The van der Waals surface area contributed by atoms with Crippen molar-refractivity contribution in [2.24, 2.45) is 5.92 Å². The summed E-state index contributed by atoms with van der Waals surface area (Å²) in [5, 5.41) is 4.78. The van der Waals surface area contributed by atoms with Gasteiger partial charge in [-0.05, 0) is 37.7 Å². The molecule has 1 aliphatic rings. The minimum Gasteiger partial charge on any atom is -0.466 e. The van der Waals surface area contributed by atoms with Gasteiger partial charge in [-0.1, -0.05) is 45.0 Å². The first-order valence-corrected chi connectivity index (χ1v) is 11.0. The van der Waals surface area contributed by atoms with Crippen molar-refractivity contribution < 1.29 is 9.53 Å². The number of nitrogens with zero attached hydrogens (tertiary/aromatic N) is 5. The lowest BCUT2D eigenvalue weighted by molar-refractivity contribution is -0.148. The molecule has 0 bridgehead atoms. The highest BCUT2D eigenvalue weighted by atomic mass is 16.5. The summed E-state index contributed by atoms with van der Waals surface area (Å²) < 4.78 is 7.02. The second kappa shape index (κ2) is 8.29. The highest BCUT2D eigenvalue weighted by Gasteiger charge is 2.27. The molecule has 0 atom stereocenters. The number of hydrogen-bond donors (Lipinski definition) is 0. The Labute approximate surface area is 183 Å². The number of aryl methyl sites for hydroxylation is 1. The average Bonchev–Trinajstić information content (AvgIpc) is 3.17. The average molecular weight is 422 g/mol. The first-order chi connectivity index (χ1) is 14.8. The number of aromatic nitrogens is 4. The van der Waals surface area contributed by atoms with Crippen LogP contribution in [0, 0.1) is 12.8 Å². The molecule has 3 heterocycles. The molecule has 0 radical (unpaired) electrons. The van der Waals surface area contributed by atoms with Crippen LogP contribution in [0.15, 0.2) is 30.3 Å². The first kappa shape index (κ1) is 21.3. The highest BCUT2D eigenvalue weighted by molar-refractivity contribution is 5.73. The SMILES string of the molecule is CCOC(=O)C1CCN(c2cc(C)nc3nc(-c4ccc(C(C)(C)C)cc4)nn23)CC1. The van der Waals surface area contributed by atoms with Crippen LogP contribution in [0.25, 0.3) is 17.2 Å². The first-order valence-electron chi connectivity index (χ1n) is 11.0. The Morgan fingerprint density at radius 2 is 1.81 bits per heavy atom. The van der Waals surface area contributed by atoms with Gasteiger partial charge in [0, 0.05) is 30.4 Å². The zero-order valence-electron chi connectivity index (χ0n) is 19.1. The minimum absolute atomic E-state index is 0.0257. The van der Waals surface area contributed by atoms with Gasteiger partial charge in [-0.2, -0.15) is 9.50 Å². The molecule has 1 aliphatic heterocycles. The lowest BCUT2D eigenvalue weighted by atomic mass is 9.87. The summed E-state index contributed by atoms with van der Waals surface area (Å²) in [6.07, 6.45) is 1.55. The number of rotatable bonds is 4. The van der Waals surface area contributed by atoms with Gasteiger partial charge >= 0.3 is 5.97 Å². The monoisotopic (exact) mass is 421 g/mol. The van der Waals surface area contributed by atoms with Gasteiger partial charge in [0.2, 0.25) is 0 Å². The third-order valence-electron chi connectivity index (χ3n) is 5.87. The van der Waals surface area contributed by atoms with Crippen molar-refractivity contribution in [1.82, 2.24) is 19.6 Å². The predicted octanol–water partition coefficient (Wildman–Crippen LogP) is 4.18. The van der Waals surface area contributed by atoms with Gasteiger partial charge in [-0.15, -0.1) is 5.10 Å². The third-order valence-corrected chi connectivity index (χ3v) is 5.87. The van der Waals surface area contributed by atoms with Crippen molar-refractivity contribution >= 4 is 17.6 Å². The molecule has 2 aromatic heterocycles. The maximum Gasteiger partial charge on any atom is 0.309 e. The molecule has 0 spiro atoms. The minimum atomic E-state index is -0.0834. The smallest absolute Gasteiger partial charge is 0.309 e. The number of hydrogen-bond acceptors (Lipinski definition) is 6. The van der Waals surface area contributed by atoms with E-state index in [9.17, 15) is 4.79 Å². The fourth-order valence-electron chi connectivity index (χ4n) is 4.04. The molecule has 1 aromatic carbocycles. The van der Waals surface area contributed by atoms with E-state index in [1.165, 1.54) is 5.56 Å². The van der Waals surface area contributed by atoms with Crippen LogP contribution in [0.2, 0.25) is 0 Å². The van der Waals surface area contributed by atoms with Crippen molar-refractivity contribution in [3.63, 3.8) is 0 Å². The number of benzene rings is 1. The summed E-state index contributed by atoms with van der Waals surface area (Å²) in [5.74, 6) is 2.12. The van der Waals surface area contributed by atoms with Crippen LogP contribution >= 0.6 is 0 Å². The van der Waals surface area contributed by atoms with Gasteiger partial charge in [0.15, 0.2) is 5.82 Å². The van der Waals surface area contributed by atoms with E-state index in [-0.39, 0.29) is 17.3 Å². The second-order valence-electron chi connectivity index (χ2n) is 9.24. The summed E-state index contributed by atoms with van der Waals surface area (Å²) in [6.45, 7) is 12.4. The molecule has 31 heavy (non-hydrogen) atoms. The topological polar surface area (TPSA) is 72.6 Å². The Bertz CT molecular complexity index is 1070. The fourth-order valence-corrected chi connectivity index (χ4v) is 4.04. The molecule has 7 heteroatoms. The van der Waals surface area contributed by atoms with Crippen molar-refractivity contribution in [2.75, 3.05) is 24.6 Å². The van der Waals surface area contributed by atoms with E-state index < -0.39 is 0 Å². The van der Waals surface area contributed by atoms with Crippen molar-refractivity contribution in [2.45, 2.75) is 52.9 Å². The number of carbonyl (C=O) groups is 1. The van der Waals surface area contributed by atoms with Crippen LogP contribution in [0.5, 0.6) is 0 Å². The van der Waals surface area contributed by atoms with Gasteiger partial charge in [-0.3, -0.25) is 4.79 Å². The molecular weight excluding hydrogens is 390 g/mol. The number of carbonyl (C=O) groups excluding carboxylic acids is 1. The summed E-state index contributed by atoms with van der Waals surface area (Å²) in [4.78, 5) is 23.6. The molecule has 7 nitrogen and oxygen atoms in total. The summed E-state index contributed by atoms with van der Waals surface area (Å²) in [5.41, 5.74) is 3.26. The van der Waals surface area contributed by atoms with Gasteiger partial charge < -0.3 is 9.64 Å². The molecule has 0 unspecified atom stereocenters. The normalized spacial score (nSPS) is 15.5. The van der Waals surface area contributed by atoms with E-state index in [4.69, 9.17) is 14.8 Å². The fraction of sp³-hybridized carbons (Fsp3) is 0.500. The van der Waals surface area contributed by atoms with Crippen molar-refractivity contribution in [1.29, 1.82) is 0 Å². The molecule has 1 saturated heterocycles. The summed E-state index contributed by atoms with van der Waals surface area (Å²) >= 11 is 0. The molecule has 0 amide bonds. The second-order valence-corrected chi connectivity index (χ2v) is 9.24. The van der Waals surface area contributed by atoms with Crippen LogP contribution in [-0.4, -0.2) is 45.2 Å². The molecule has 0 N–H and O–H groups in total. The molecule has 3 aromatic rings. The van der Waals surface area contributed by atoms with Gasteiger partial charge in [0.05, 0.1) is 12.5 Å². The van der Waals surface area contributed by atoms with E-state index in [0.29, 0.717) is 18.2 Å². The maximum absolute atomic E-state index is 12.1. The van der Waals surface area contributed by atoms with E-state index in [1.807, 2.05) is 24.4 Å². The number of esters is 1. The predicted molar refractivity (Wildman–Crippen MR) is 121 cm³/mol. The van der Waals surface area contributed by atoms with Crippen molar-refractivity contribution in [3.8, 4) is 11.4 Å². The lowest BCUT2D eigenvalue weighted by Crippen LogP contribution is -2.38. The molecule has 1 fully saturated rings. The molecule has 0 saturated carbocycles. The van der Waals surface area contributed by atoms with Crippen LogP contribution < -0.4 is 4.90 Å². The standard InChI is InChI=1S/C24H31N5O2/c1-6-31-22(30)18-11-13-28(14-12-18)20-15-16(2)25-23-26-21(27-29(20)23)17-7-9-19(10-8-17)24(3,4)5/h7-10,15,18H,6,11-14H2,1-5H3. The highest BCUT2D eigenvalue weighted by Crippen LogP contribution is 2.28. The number of fused-ring (bicyclic) bond motifs is 1. The third kappa shape index (κ3) is 4.40. The Morgan fingerprint density at radius 3 is 2.42 bits per heavy atom. The number of ether oxygens (including phenoxy) is 1. The maximum atomic E-state index is 12.1. The zero-order chi connectivity index (χ0) is 22.2. The Morgan fingerprint density at radius 1 is 1.13 bits per heavy atom. The molecular formula is C24H31N5O2. The Kier molecular flexibility index (Phi) is 5.69. The Hall–Kier alpha value is -2.96. The number of piperidine rings is 1. The molecule has 4 rings (SSSR count). The van der Waals surface area contributed by atoms with Gasteiger partial charge in [-0.25, -0.2) is 4.98 Å². The van der Waals surface area contributed by atoms with E-state index in [1.54, 1.807) is 0 Å². The van der Waals surface area contributed by atoms with E-state index in [0.717, 1.165) is 43.0 Å². The number of anilines is 1. The van der Waals surface area contributed by atoms with Crippen LogP contribution in [-0.2, 0) is 14.9 Å². The van der Waals surface area contributed by atoms with E-state index in [2.05, 4.69) is 54.9 Å². The lowest BCUT2D eigenvalue weighted by Gasteiger charge is -2.32. The van der Waals surface area contributed by atoms with Crippen LogP contribution in [0.1, 0.15) is 51.8 Å². The van der Waals surface area contributed by atoms with E-state index >= 15 is 0 Å².